The number of amides is 1. The minimum Gasteiger partial charge on any atom is -0.486 e. The molecule has 0 saturated heterocycles. The number of fused-ring (bicyclic) bond motifs is 1. The van der Waals surface area contributed by atoms with Crippen molar-refractivity contribution in [3.8, 4) is 17.0 Å². The number of likely N-dealkylation sites (N-methyl/N-ethyl adjacent to an activating group) is 1. The fourth-order valence-electron chi connectivity index (χ4n) is 3.48. The van der Waals surface area contributed by atoms with E-state index in [0.717, 1.165) is 17.8 Å². The monoisotopic (exact) mass is 394 g/mol. The van der Waals surface area contributed by atoms with E-state index in [1.54, 1.807) is 23.2 Å². The van der Waals surface area contributed by atoms with Gasteiger partial charge in [0.2, 0.25) is 0 Å². The van der Waals surface area contributed by atoms with Crippen LogP contribution in [0.15, 0.2) is 54.7 Å². The van der Waals surface area contributed by atoms with Gasteiger partial charge in [0, 0.05) is 12.1 Å². The third-order valence-corrected chi connectivity index (χ3v) is 4.92. The number of para-hydroxylation sites is 1. The lowest BCUT2D eigenvalue weighted by Crippen LogP contribution is -2.38. The highest BCUT2D eigenvalue weighted by Crippen LogP contribution is 2.36. The van der Waals surface area contributed by atoms with Gasteiger partial charge in [0.1, 0.15) is 6.61 Å². The fraction of sp³-hybridized carbons (Fsp3) is 0.273. The van der Waals surface area contributed by atoms with Crippen molar-refractivity contribution in [2.45, 2.75) is 6.54 Å². The number of aromatic nitrogens is 2. The van der Waals surface area contributed by atoms with Crippen LogP contribution in [0.5, 0.6) is 5.75 Å². The molecule has 4 rings (SSSR count). The maximum Gasteiger partial charge on any atom is 0.262 e. The Labute approximate surface area is 169 Å². The minimum atomic E-state index is -0.468. The summed E-state index contributed by atoms with van der Waals surface area (Å²) >= 11 is 0. The second-order valence-electron chi connectivity index (χ2n) is 7.19. The van der Waals surface area contributed by atoms with Crippen LogP contribution >= 0.6 is 0 Å². The predicted octanol–water partition coefficient (Wildman–Crippen LogP) is 3.29. The molecule has 0 saturated carbocycles. The number of nitrogens with zero attached hydrogens (tertiary/aromatic N) is 4. The van der Waals surface area contributed by atoms with Gasteiger partial charge < -0.3 is 14.5 Å². The van der Waals surface area contributed by atoms with Crippen LogP contribution in [0.2, 0.25) is 0 Å². The second-order valence-corrected chi connectivity index (χ2v) is 7.19. The highest BCUT2D eigenvalue weighted by Gasteiger charge is 2.30. The number of halogens is 1. The summed E-state index contributed by atoms with van der Waals surface area (Å²) in [6.07, 6.45) is 1.61. The van der Waals surface area contributed by atoms with Crippen LogP contribution in [-0.2, 0) is 6.54 Å². The van der Waals surface area contributed by atoms with Crippen LogP contribution in [0.1, 0.15) is 10.4 Å². The van der Waals surface area contributed by atoms with Crippen molar-refractivity contribution in [3.05, 3.63) is 66.1 Å². The summed E-state index contributed by atoms with van der Waals surface area (Å²) < 4.78 is 21.5. The molecule has 6 nitrogen and oxygen atoms in total. The van der Waals surface area contributed by atoms with E-state index in [4.69, 9.17) is 4.74 Å². The molecule has 29 heavy (non-hydrogen) atoms. The molecule has 1 aliphatic heterocycles. The molecule has 0 fully saturated rings. The molecule has 0 spiro atoms. The highest BCUT2D eigenvalue weighted by molar-refractivity contribution is 6.10. The normalized spacial score (nSPS) is 13.3. The van der Waals surface area contributed by atoms with Crippen molar-refractivity contribution in [2.24, 2.45) is 0 Å². The van der Waals surface area contributed by atoms with Crippen LogP contribution in [0.3, 0.4) is 0 Å². The molecule has 3 aromatic rings. The molecular formula is C22H23FN4O2. The predicted molar refractivity (Wildman–Crippen MR) is 110 cm³/mol. The molecule has 0 radical (unpaired) electrons. The number of hydrogen-bond donors (Lipinski definition) is 0. The molecule has 1 amide bonds. The molecule has 2 aromatic carbocycles. The summed E-state index contributed by atoms with van der Waals surface area (Å²) in [5.41, 5.74) is 2.62. The molecule has 7 heteroatoms. The molecular weight excluding hydrogens is 371 g/mol. The van der Waals surface area contributed by atoms with Crippen molar-refractivity contribution in [1.29, 1.82) is 0 Å². The molecule has 0 unspecified atom stereocenters. The van der Waals surface area contributed by atoms with E-state index in [9.17, 15) is 9.18 Å². The van der Waals surface area contributed by atoms with E-state index in [1.165, 1.54) is 6.07 Å². The molecule has 2 heterocycles. The van der Waals surface area contributed by atoms with Gasteiger partial charge in [-0.1, -0.05) is 36.4 Å². The molecule has 1 aromatic heterocycles. The van der Waals surface area contributed by atoms with Gasteiger partial charge in [-0.3, -0.25) is 9.48 Å². The lowest BCUT2D eigenvalue weighted by Gasteiger charge is -2.29. The quantitative estimate of drug-likeness (QED) is 0.666. The number of anilines is 1. The zero-order chi connectivity index (χ0) is 20.4. The average Bonchev–Trinajstić information content (AvgIpc) is 3.16. The third kappa shape index (κ3) is 3.73. The smallest absolute Gasteiger partial charge is 0.262 e. The summed E-state index contributed by atoms with van der Waals surface area (Å²) in [5, 5.41) is 4.49. The van der Waals surface area contributed by atoms with E-state index in [-0.39, 0.29) is 18.3 Å². The van der Waals surface area contributed by atoms with Gasteiger partial charge in [0.15, 0.2) is 11.6 Å². The highest BCUT2D eigenvalue weighted by atomic mass is 19.1. The molecule has 0 atom stereocenters. The first-order valence-electron chi connectivity index (χ1n) is 9.55. The zero-order valence-corrected chi connectivity index (χ0v) is 16.5. The van der Waals surface area contributed by atoms with Crippen molar-refractivity contribution in [3.63, 3.8) is 0 Å². The van der Waals surface area contributed by atoms with E-state index in [1.807, 2.05) is 49.1 Å². The summed E-state index contributed by atoms with van der Waals surface area (Å²) in [6.45, 7) is 2.04. The van der Waals surface area contributed by atoms with E-state index >= 15 is 0 Å². The Morgan fingerprint density at radius 1 is 1.17 bits per heavy atom. The van der Waals surface area contributed by atoms with Gasteiger partial charge in [-0.05, 0) is 26.2 Å². The lowest BCUT2D eigenvalue weighted by molar-refractivity contribution is 0.0976. The second kappa shape index (κ2) is 8.05. The zero-order valence-electron chi connectivity index (χ0n) is 16.5. The maximum absolute atomic E-state index is 14.2. The van der Waals surface area contributed by atoms with Crippen LogP contribution in [-0.4, -0.2) is 54.4 Å². The van der Waals surface area contributed by atoms with E-state index in [2.05, 4.69) is 10.00 Å². The van der Waals surface area contributed by atoms with Gasteiger partial charge >= 0.3 is 0 Å². The number of carbonyl (C=O) groups is 1. The Hall–Kier alpha value is -3.19. The van der Waals surface area contributed by atoms with Crippen LogP contribution in [0.25, 0.3) is 11.3 Å². The van der Waals surface area contributed by atoms with Gasteiger partial charge in [0.05, 0.1) is 36.2 Å². The minimum absolute atomic E-state index is 0.119. The van der Waals surface area contributed by atoms with Crippen molar-refractivity contribution in [2.75, 3.05) is 38.7 Å². The number of benzene rings is 2. The number of rotatable bonds is 5. The number of hydrogen-bond acceptors (Lipinski definition) is 4. The molecule has 0 N–H and O–H groups in total. The standard InChI is InChI=1S/C22H23FN4O2/c1-25(2)11-12-27-20(16-7-4-3-5-8-16)17(15-24-27)22(28)26-13-14-29-21-18(23)9-6-10-19(21)26/h3-10,15H,11-14H2,1-2H3. The molecule has 150 valence electrons. The first kappa shape index (κ1) is 19.1. The van der Waals surface area contributed by atoms with Crippen molar-refractivity contribution in [1.82, 2.24) is 14.7 Å². The maximum atomic E-state index is 14.2. The average molecular weight is 394 g/mol. The van der Waals surface area contributed by atoms with Gasteiger partial charge in [-0.15, -0.1) is 0 Å². The van der Waals surface area contributed by atoms with Gasteiger partial charge in [-0.25, -0.2) is 4.39 Å². The Kier molecular flexibility index (Phi) is 5.31. The number of carbonyl (C=O) groups excluding carboxylic acids is 1. The lowest BCUT2D eigenvalue weighted by atomic mass is 10.1. The Morgan fingerprint density at radius 2 is 1.97 bits per heavy atom. The summed E-state index contributed by atoms with van der Waals surface area (Å²) in [4.78, 5) is 17.1. The fourth-order valence-corrected chi connectivity index (χ4v) is 3.48. The van der Waals surface area contributed by atoms with E-state index in [0.29, 0.717) is 24.3 Å². The third-order valence-electron chi connectivity index (χ3n) is 4.92. The summed E-state index contributed by atoms with van der Waals surface area (Å²) in [5.74, 6) is -0.562. The van der Waals surface area contributed by atoms with Gasteiger partial charge in [0.25, 0.3) is 5.91 Å². The van der Waals surface area contributed by atoms with Gasteiger partial charge in [-0.2, -0.15) is 5.10 Å². The van der Waals surface area contributed by atoms with Crippen LogP contribution in [0.4, 0.5) is 10.1 Å². The molecule has 1 aliphatic rings. The number of ether oxygens (including phenoxy) is 1. The largest absolute Gasteiger partial charge is 0.486 e. The Bertz CT molecular complexity index is 1020. The molecule has 0 aliphatic carbocycles. The van der Waals surface area contributed by atoms with Crippen LogP contribution in [0, 0.1) is 5.82 Å². The van der Waals surface area contributed by atoms with Crippen molar-refractivity contribution >= 4 is 11.6 Å². The van der Waals surface area contributed by atoms with Crippen molar-refractivity contribution < 1.29 is 13.9 Å². The Balaban J connectivity index is 1.76. The SMILES string of the molecule is CN(C)CCn1ncc(C(=O)N2CCOc3c(F)cccc32)c1-c1ccccc1. The topological polar surface area (TPSA) is 50.6 Å². The molecule has 0 bridgehead atoms. The Morgan fingerprint density at radius 3 is 2.72 bits per heavy atom. The first-order valence-corrected chi connectivity index (χ1v) is 9.55. The summed E-state index contributed by atoms with van der Waals surface area (Å²) in [6, 6.07) is 14.4. The van der Waals surface area contributed by atoms with Crippen LogP contribution < -0.4 is 9.64 Å². The first-order chi connectivity index (χ1) is 14.1. The summed E-state index contributed by atoms with van der Waals surface area (Å²) in [7, 11) is 3.99. The van der Waals surface area contributed by atoms with E-state index < -0.39 is 5.82 Å².